The van der Waals surface area contributed by atoms with Gasteiger partial charge in [0.1, 0.15) is 5.75 Å². The molecule has 4 heteroatoms. The standard InChI is InChI=1S/C12H18N2OS/c1-2-3-4-9-13-12(16)14-10-5-7-11(15)8-6-10/h5-8,15H,2-4,9H2,1H3,(H2,13,14,16). The summed E-state index contributed by atoms with van der Waals surface area (Å²) in [6.45, 7) is 3.07. The third kappa shape index (κ3) is 4.98. The second-order valence-corrected chi connectivity index (χ2v) is 4.04. The van der Waals surface area contributed by atoms with Gasteiger partial charge in [-0.2, -0.15) is 0 Å². The van der Waals surface area contributed by atoms with Crippen molar-refractivity contribution in [1.82, 2.24) is 5.32 Å². The predicted molar refractivity (Wildman–Crippen MR) is 71.9 cm³/mol. The molecule has 0 spiro atoms. The zero-order valence-electron chi connectivity index (χ0n) is 9.49. The maximum atomic E-state index is 9.12. The third-order valence-corrected chi connectivity index (χ3v) is 2.44. The zero-order valence-corrected chi connectivity index (χ0v) is 10.3. The molecule has 0 aliphatic rings. The minimum atomic E-state index is 0.257. The Bertz CT molecular complexity index is 324. The quantitative estimate of drug-likeness (QED) is 0.419. The van der Waals surface area contributed by atoms with Crippen molar-refractivity contribution in [2.75, 3.05) is 11.9 Å². The summed E-state index contributed by atoms with van der Waals surface area (Å²) < 4.78 is 0. The first-order valence-electron chi connectivity index (χ1n) is 5.56. The molecule has 0 unspecified atom stereocenters. The summed E-state index contributed by atoms with van der Waals surface area (Å²) in [7, 11) is 0. The Morgan fingerprint density at radius 1 is 1.25 bits per heavy atom. The minimum Gasteiger partial charge on any atom is -0.508 e. The van der Waals surface area contributed by atoms with Crippen LogP contribution in [0.15, 0.2) is 24.3 Å². The Balaban J connectivity index is 2.26. The molecular weight excluding hydrogens is 220 g/mol. The van der Waals surface area contributed by atoms with Crippen molar-refractivity contribution in [3.05, 3.63) is 24.3 Å². The average Bonchev–Trinajstić information content (AvgIpc) is 2.28. The van der Waals surface area contributed by atoms with E-state index in [4.69, 9.17) is 17.3 Å². The van der Waals surface area contributed by atoms with E-state index in [0.29, 0.717) is 5.11 Å². The summed E-state index contributed by atoms with van der Waals surface area (Å²) in [6.07, 6.45) is 3.56. The highest BCUT2D eigenvalue weighted by Gasteiger charge is 1.96. The van der Waals surface area contributed by atoms with E-state index < -0.39 is 0 Å². The molecule has 0 radical (unpaired) electrons. The van der Waals surface area contributed by atoms with Gasteiger partial charge in [-0.1, -0.05) is 19.8 Å². The molecule has 0 bridgehead atoms. The van der Waals surface area contributed by atoms with Gasteiger partial charge in [0.05, 0.1) is 0 Å². The van der Waals surface area contributed by atoms with Crippen molar-refractivity contribution in [2.45, 2.75) is 26.2 Å². The van der Waals surface area contributed by atoms with Gasteiger partial charge in [-0.05, 0) is 42.9 Å². The van der Waals surface area contributed by atoms with E-state index >= 15 is 0 Å². The van der Waals surface area contributed by atoms with Crippen LogP contribution in [0.2, 0.25) is 0 Å². The molecule has 16 heavy (non-hydrogen) atoms. The molecule has 3 N–H and O–H groups in total. The van der Waals surface area contributed by atoms with Gasteiger partial charge in [0, 0.05) is 12.2 Å². The van der Waals surface area contributed by atoms with Gasteiger partial charge < -0.3 is 15.7 Å². The number of nitrogens with one attached hydrogen (secondary N) is 2. The topological polar surface area (TPSA) is 44.3 Å². The molecule has 0 saturated carbocycles. The van der Waals surface area contributed by atoms with Crippen LogP contribution in [0.1, 0.15) is 26.2 Å². The minimum absolute atomic E-state index is 0.257. The molecule has 1 aromatic rings. The molecule has 1 aromatic carbocycles. The van der Waals surface area contributed by atoms with Crippen LogP contribution in [0.25, 0.3) is 0 Å². The normalized spacial score (nSPS) is 9.81. The Morgan fingerprint density at radius 2 is 1.94 bits per heavy atom. The lowest BCUT2D eigenvalue weighted by Crippen LogP contribution is -2.29. The molecule has 0 aliphatic heterocycles. The summed E-state index contributed by atoms with van der Waals surface area (Å²) in [5, 5.41) is 15.9. The Kier molecular flexibility index (Phi) is 5.64. The number of phenolic OH excluding ortho intramolecular Hbond substituents is 1. The predicted octanol–water partition coefficient (Wildman–Crippen LogP) is 2.87. The molecule has 0 aromatic heterocycles. The summed E-state index contributed by atoms with van der Waals surface area (Å²) in [6, 6.07) is 6.83. The van der Waals surface area contributed by atoms with E-state index in [0.717, 1.165) is 18.7 Å². The van der Waals surface area contributed by atoms with Crippen LogP contribution >= 0.6 is 12.2 Å². The van der Waals surface area contributed by atoms with Crippen molar-refractivity contribution in [2.24, 2.45) is 0 Å². The molecule has 1 rings (SSSR count). The van der Waals surface area contributed by atoms with Crippen molar-refractivity contribution in [3.63, 3.8) is 0 Å². The number of phenols is 1. The zero-order chi connectivity index (χ0) is 11.8. The fraction of sp³-hybridized carbons (Fsp3) is 0.417. The van der Waals surface area contributed by atoms with Crippen LogP contribution in [-0.2, 0) is 0 Å². The maximum Gasteiger partial charge on any atom is 0.170 e. The molecule has 0 atom stereocenters. The monoisotopic (exact) mass is 238 g/mol. The second kappa shape index (κ2) is 7.06. The van der Waals surface area contributed by atoms with Crippen molar-refractivity contribution in [1.29, 1.82) is 0 Å². The number of aromatic hydroxyl groups is 1. The van der Waals surface area contributed by atoms with Crippen molar-refractivity contribution >= 4 is 23.0 Å². The summed E-state index contributed by atoms with van der Waals surface area (Å²) in [5.74, 6) is 0.257. The highest BCUT2D eigenvalue weighted by atomic mass is 32.1. The van der Waals surface area contributed by atoms with Crippen molar-refractivity contribution < 1.29 is 5.11 Å². The highest BCUT2D eigenvalue weighted by molar-refractivity contribution is 7.80. The molecule has 0 heterocycles. The summed E-state index contributed by atoms with van der Waals surface area (Å²) >= 11 is 5.13. The first-order valence-corrected chi connectivity index (χ1v) is 5.97. The van der Waals surface area contributed by atoms with Crippen LogP contribution in [0, 0.1) is 0 Å². The first kappa shape index (κ1) is 12.8. The fourth-order valence-electron chi connectivity index (χ4n) is 1.30. The molecular formula is C12H18N2OS. The van der Waals surface area contributed by atoms with Crippen LogP contribution in [0.4, 0.5) is 5.69 Å². The van der Waals surface area contributed by atoms with Gasteiger partial charge in [0.15, 0.2) is 5.11 Å². The highest BCUT2D eigenvalue weighted by Crippen LogP contribution is 2.13. The van der Waals surface area contributed by atoms with Crippen LogP contribution in [0.5, 0.6) is 5.75 Å². The lowest BCUT2D eigenvalue weighted by atomic mass is 10.2. The van der Waals surface area contributed by atoms with E-state index in [1.807, 2.05) is 0 Å². The average molecular weight is 238 g/mol. The molecule has 88 valence electrons. The number of hydrogen-bond acceptors (Lipinski definition) is 2. The largest absolute Gasteiger partial charge is 0.508 e. The number of thiocarbonyl (C=S) groups is 1. The lowest BCUT2D eigenvalue weighted by Gasteiger charge is -2.10. The third-order valence-electron chi connectivity index (χ3n) is 2.19. The Morgan fingerprint density at radius 3 is 2.56 bits per heavy atom. The number of unbranched alkanes of at least 4 members (excludes halogenated alkanes) is 2. The summed E-state index contributed by atoms with van der Waals surface area (Å²) in [5.41, 5.74) is 0.880. The SMILES string of the molecule is CCCCCNC(=S)Nc1ccc(O)cc1. The number of anilines is 1. The van der Waals surface area contributed by atoms with E-state index in [1.165, 1.54) is 12.8 Å². The molecule has 3 nitrogen and oxygen atoms in total. The van der Waals surface area contributed by atoms with Gasteiger partial charge in [-0.3, -0.25) is 0 Å². The molecule has 0 saturated heterocycles. The second-order valence-electron chi connectivity index (χ2n) is 3.63. The molecule has 0 amide bonds. The maximum absolute atomic E-state index is 9.12. The smallest absolute Gasteiger partial charge is 0.170 e. The Labute approximate surface area is 102 Å². The fourth-order valence-corrected chi connectivity index (χ4v) is 1.52. The van der Waals surface area contributed by atoms with E-state index in [9.17, 15) is 0 Å². The summed E-state index contributed by atoms with van der Waals surface area (Å²) in [4.78, 5) is 0. The van der Waals surface area contributed by atoms with Crippen molar-refractivity contribution in [3.8, 4) is 5.75 Å². The molecule has 0 aliphatic carbocycles. The van der Waals surface area contributed by atoms with Gasteiger partial charge in [0.2, 0.25) is 0 Å². The van der Waals surface area contributed by atoms with E-state index in [-0.39, 0.29) is 5.75 Å². The Hall–Kier alpha value is -1.29. The van der Waals surface area contributed by atoms with Gasteiger partial charge in [-0.15, -0.1) is 0 Å². The number of hydrogen-bond donors (Lipinski definition) is 3. The van der Waals surface area contributed by atoms with Crippen LogP contribution < -0.4 is 10.6 Å². The lowest BCUT2D eigenvalue weighted by molar-refractivity contribution is 0.475. The van der Waals surface area contributed by atoms with Gasteiger partial charge >= 0.3 is 0 Å². The van der Waals surface area contributed by atoms with Gasteiger partial charge in [-0.25, -0.2) is 0 Å². The van der Waals surface area contributed by atoms with Crippen LogP contribution in [-0.4, -0.2) is 16.8 Å². The van der Waals surface area contributed by atoms with E-state index in [2.05, 4.69) is 17.6 Å². The number of rotatable bonds is 5. The first-order chi connectivity index (χ1) is 7.72. The molecule has 0 fully saturated rings. The van der Waals surface area contributed by atoms with Gasteiger partial charge in [0.25, 0.3) is 0 Å². The van der Waals surface area contributed by atoms with Crippen LogP contribution in [0.3, 0.4) is 0 Å². The van der Waals surface area contributed by atoms with E-state index in [1.54, 1.807) is 24.3 Å². The number of benzene rings is 1.